The van der Waals surface area contributed by atoms with Gasteiger partial charge in [0.1, 0.15) is 0 Å². The summed E-state index contributed by atoms with van der Waals surface area (Å²) in [5.41, 5.74) is 2.88. The van der Waals surface area contributed by atoms with E-state index in [0.717, 1.165) is 0 Å². The summed E-state index contributed by atoms with van der Waals surface area (Å²) in [4.78, 5) is 2.55. The highest BCUT2D eigenvalue weighted by atomic mass is 15.1. The Labute approximate surface area is 122 Å². The third kappa shape index (κ3) is 2.78. The molecule has 1 saturated heterocycles. The zero-order valence-electron chi connectivity index (χ0n) is 12.2. The summed E-state index contributed by atoms with van der Waals surface area (Å²) in [5, 5.41) is 0. The maximum absolute atomic E-state index is 2.55. The largest absolute Gasteiger partial charge is 0.302 e. The van der Waals surface area contributed by atoms with Crippen molar-refractivity contribution in [3.63, 3.8) is 0 Å². The summed E-state index contributed by atoms with van der Waals surface area (Å²) in [6, 6.07) is 22.6. The number of rotatable bonds is 3. The number of hydrogen-bond acceptors (Lipinski definition) is 1. The molecule has 1 atom stereocenters. The average molecular weight is 265 g/mol. The van der Waals surface area contributed by atoms with Crippen LogP contribution in [0, 0.1) is 0 Å². The van der Waals surface area contributed by atoms with Gasteiger partial charge in [-0.3, -0.25) is 0 Å². The molecular formula is C19H23N. The lowest BCUT2D eigenvalue weighted by molar-refractivity contribution is 0.169. The molecule has 1 aliphatic heterocycles. The minimum absolute atomic E-state index is 0.489. The summed E-state index contributed by atoms with van der Waals surface area (Å²) in [6.07, 6.45) is 3.99. The first-order valence-corrected chi connectivity index (χ1v) is 7.66. The highest BCUT2D eigenvalue weighted by Crippen LogP contribution is 2.34. The van der Waals surface area contributed by atoms with E-state index >= 15 is 0 Å². The van der Waals surface area contributed by atoms with Crippen molar-refractivity contribution in [2.45, 2.75) is 31.2 Å². The molecule has 1 fully saturated rings. The highest BCUT2D eigenvalue weighted by Gasteiger charge is 2.29. The van der Waals surface area contributed by atoms with E-state index in [9.17, 15) is 0 Å². The van der Waals surface area contributed by atoms with Gasteiger partial charge in [0, 0.05) is 12.0 Å². The molecule has 0 aliphatic carbocycles. The van der Waals surface area contributed by atoms with Gasteiger partial charge in [0.15, 0.2) is 0 Å². The van der Waals surface area contributed by atoms with E-state index in [0.29, 0.717) is 12.0 Å². The van der Waals surface area contributed by atoms with Crippen molar-refractivity contribution in [1.29, 1.82) is 0 Å². The average Bonchev–Trinajstić information content (AvgIpc) is 2.52. The lowest BCUT2D eigenvalue weighted by Gasteiger charge is -2.38. The van der Waals surface area contributed by atoms with Crippen LogP contribution in [0.3, 0.4) is 0 Å². The fraction of sp³-hybridized carbons (Fsp3) is 0.368. The molecule has 0 radical (unpaired) electrons. The van der Waals surface area contributed by atoms with Gasteiger partial charge in [-0.1, -0.05) is 67.1 Å². The minimum atomic E-state index is 0.489. The first-order valence-electron chi connectivity index (χ1n) is 7.66. The van der Waals surface area contributed by atoms with Crippen LogP contribution < -0.4 is 0 Å². The molecule has 0 bridgehead atoms. The highest BCUT2D eigenvalue weighted by molar-refractivity contribution is 5.34. The maximum atomic E-state index is 2.55. The Morgan fingerprint density at radius 1 is 0.850 bits per heavy atom. The van der Waals surface area contributed by atoms with E-state index in [1.165, 1.54) is 36.9 Å². The van der Waals surface area contributed by atoms with Crippen molar-refractivity contribution in [1.82, 2.24) is 4.90 Å². The van der Waals surface area contributed by atoms with Gasteiger partial charge < -0.3 is 4.90 Å². The molecule has 0 amide bonds. The molecule has 0 saturated carbocycles. The molecular weight excluding hydrogens is 242 g/mol. The smallest absolute Gasteiger partial charge is 0.0245 e. The molecule has 104 valence electrons. The van der Waals surface area contributed by atoms with Crippen molar-refractivity contribution in [2.24, 2.45) is 0 Å². The molecule has 1 aliphatic rings. The van der Waals surface area contributed by atoms with Crippen LogP contribution in [0.1, 0.15) is 36.3 Å². The van der Waals surface area contributed by atoms with Gasteiger partial charge in [0.05, 0.1) is 0 Å². The fourth-order valence-corrected chi connectivity index (χ4v) is 3.48. The lowest BCUT2D eigenvalue weighted by Crippen LogP contribution is -2.40. The molecule has 0 aromatic heterocycles. The van der Waals surface area contributed by atoms with Crippen LogP contribution in [0.2, 0.25) is 0 Å². The molecule has 3 rings (SSSR count). The van der Waals surface area contributed by atoms with E-state index < -0.39 is 0 Å². The minimum Gasteiger partial charge on any atom is -0.302 e. The number of piperidine rings is 1. The zero-order chi connectivity index (χ0) is 13.8. The first-order chi connectivity index (χ1) is 9.86. The zero-order valence-corrected chi connectivity index (χ0v) is 12.2. The molecule has 2 aromatic carbocycles. The van der Waals surface area contributed by atoms with Gasteiger partial charge >= 0.3 is 0 Å². The molecule has 1 nitrogen and oxygen atoms in total. The quantitative estimate of drug-likeness (QED) is 0.799. The van der Waals surface area contributed by atoms with Crippen molar-refractivity contribution >= 4 is 0 Å². The Morgan fingerprint density at radius 2 is 1.40 bits per heavy atom. The molecule has 1 heterocycles. The van der Waals surface area contributed by atoms with Gasteiger partial charge in [-0.05, 0) is 37.6 Å². The second-order valence-electron chi connectivity index (χ2n) is 5.84. The van der Waals surface area contributed by atoms with Crippen LogP contribution in [0.25, 0.3) is 0 Å². The van der Waals surface area contributed by atoms with E-state index in [1.807, 2.05) is 0 Å². The Balaban J connectivity index is 1.99. The Morgan fingerprint density at radius 3 is 1.90 bits per heavy atom. The van der Waals surface area contributed by atoms with Gasteiger partial charge in [0.25, 0.3) is 0 Å². The van der Waals surface area contributed by atoms with Gasteiger partial charge in [-0.15, -0.1) is 0 Å². The molecule has 1 unspecified atom stereocenters. The van der Waals surface area contributed by atoms with E-state index in [1.54, 1.807) is 0 Å². The lowest BCUT2D eigenvalue weighted by atomic mass is 9.81. The van der Waals surface area contributed by atoms with Crippen molar-refractivity contribution in [3.05, 3.63) is 71.8 Å². The van der Waals surface area contributed by atoms with Crippen molar-refractivity contribution in [2.75, 3.05) is 13.6 Å². The molecule has 2 aromatic rings. The van der Waals surface area contributed by atoms with Crippen LogP contribution in [0.5, 0.6) is 0 Å². The van der Waals surface area contributed by atoms with Crippen LogP contribution in [-0.4, -0.2) is 24.5 Å². The van der Waals surface area contributed by atoms with Crippen LogP contribution >= 0.6 is 0 Å². The first kappa shape index (κ1) is 13.4. The monoisotopic (exact) mass is 265 g/mol. The molecule has 0 N–H and O–H groups in total. The number of likely N-dealkylation sites (tertiary alicyclic amines) is 1. The predicted molar refractivity (Wildman–Crippen MR) is 85.0 cm³/mol. The summed E-state index contributed by atoms with van der Waals surface area (Å²) >= 11 is 0. The molecule has 1 heteroatoms. The molecule has 0 spiro atoms. The SMILES string of the molecule is CN1CCCCC1C(c1ccccc1)c1ccccc1. The van der Waals surface area contributed by atoms with E-state index in [4.69, 9.17) is 0 Å². The summed E-state index contributed by atoms with van der Waals surface area (Å²) < 4.78 is 0. The Kier molecular flexibility index (Phi) is 4.17. The third-order valence-electron chi connectivity index (χ3n) is 4.53. The van der Waals surface area contributed by atoms with Gasteiger partial charge in [-0.25, -0.2) is 0 Å². The van der Waals surface area contributed by atoms with E-state index in [2.05, 4.69) is 72.6 Å². The maximum Gasteiger partial charge on any atom is 0.0245 e. The summed E-state index contributed by atoms with van der Waals surface area (Å²) in [6.45, 7) is 1.22. The molecule has 20 heavy (non-hydrogen) atoms. The number of hydrogen-bond donors (Lipinski definition) is 0. The Bertz CT molecular complexity index is 480. The normalized spacial score (nSPS) is 20.2. The van der Waals surface area contributed by atoms with Crippen molar-refractivity contribution < 1.29 is 0 Å². The number of nitrogens with zero attached hydrogens (tertiary/aromatic N) is 1. The van der Waals surface area contributed by atoms with E-state index in [-0.39, 0.29) is 0 Å². The standard InChI is InChI=1S/C19H23N/c1-20-15-9-8-14-18(20)19(16-10-4-2-5-11-16)17-12-6-3-7-13-17/h2-7,10-13,18-19H,8-9,14-15H2,1H3. The summed E-state index contributed by atoms with van der Waals surface area (Å²) in [7, 11) is 2.28. The number of benzene rings is 2. The topological polar surface area (TPSA) is 3.24 Å². The van der Waals surface area contributed by atoms with Gasteiger partial charge in [-0.2, -0.15) is 0 Å². The van der Waals surface area contributed by atoms with Crippen LogP contribution in [0.15, 0.2) is 60.7 Å². The Hall–Kier alpha value is -1.60. The predicted octanol–water partition coefficient (Wildman–Crippen LogP) is 4.30. The van der Waals surface area contributed by atoms with Crippen LogP contribution in [-0.2, 0) is 0 Å². The fourth-order valence-electron chi connectivity index (χ4n) is 3.48. The summed E-state index contributed by atoms with van der Waals surface area (Å²) in [5.74, 6) is 0.489. The van der Waals surface area contributed by atoms with Crippen molar-refractivity contribution in [3.8, 4) is 0 Å². The third-order valence-corrected chi connectivity index (χ3v) is 4.53. The second-order valence-corrected chi connectivity index (χ2v) is 5.84. The van der Waals surface area contributed by atoms with Crippen LogP contribution in [0.4, 0.5) is 0 Å². The van der Waals surface area contributed by atoms with Gasteiger partial charge in [0.2, 0.25) is 0 Å². The second kappa shape index (κ2) is 6.23. The number of likely N-dealkylation sites (N-methyl/N-ethyl adjacent to an activating group) is 1.